The number of nitrogens with zero attached hydrogens (tertiary/aromatic N) is 2. The zero-order chi connectivity index (χ0) is 13.8. The number of amides is 2. The van der Waals surface area contributed by atoms with Gasteiger partial charge in [0.05, 0.1) is 19.7 Å². The summed E-state index contributed by atoms with van der Waals surface area (Å²) in [4.78, 5) is 29.4. The van der Waals surface area contributed by atoms with E-state index < -0.39 is 12.1 Å². The highest BCUT2D eigenvalue weighted by molar-refractivity contribution is 7.11. The minimum absolute atomic E-state index is 0.0675. The lowest BCUT2D eigenvalue weighted by Gasteiger charge is -2.30. The Kier molecular flexibility index (Phi) is 4.33. The third-order valence-corrected chi connectivity index (χ3v) is 3.60. The Hall–Kier alpha value is -1.67. The molecule has 2 N–H and O–H groups in total. The first-order chi connectivity index (χ1) is 9.06. The maximum absolute atomic E-state index is 11.9. The molecule has 0 radical (unpaired) electrons. The number of nitrogens with one attached hydrogen (secondary N) is 1. The predicted octanol–water partition coefficient (Wildman–Crippen LogP) is 0.447. The Bertz CT molecular complexity index is 476. The molecule has 1 atom stereocenters. The van der Waals surface area contributed by atoms with Gasteiger partial charge in [0.2, 0.25) is 0 Å². The third kappa shape index (κ3) is 3.65. The number of urea groups is 1. The number of hydrogen-bond acceptors (Lipinski definition) is 5. The lowest BCUT2D eigenvalue weighted by Crippen LogP contribution is -2.51. The summed E-state index contributed by atoms with van der Waals surface area (Å²) < 4.78 is 5.05. The zero-order valence-electron chi connectivity index (χ0n) is 10.5. The minimum atomic E-state index is -1.05. The second-order valence-corrected chi connectivity index (χ2v) is 5.49. The summed E-state index contributed by atoms with van der Waals surface area (Å²) in [6.45, 7) is 3.00. The molecule has 0 aromatic carbocycles. The molecule has 7 nitrogen and oxygen atoms in total. The van der Waals surface area contributed by atoms with Crippen molar-refractivity contribution >= 4 is 23.3 Å². The highest BCUT2D eigenvalue weighted by Crippen LogP contribution is 2.11. The number of carbonyl (C=O) groups is 2. The van der Waals surface area contributed by atoms with E-state index in [9.17, 15) is 9.59 Å². The van der Waals surface area contributed by atoms with Crippen molar-refractivity contribution in [1.82, 2.24) is 15.2 Å². The van der Waals surface area contributed by atoms with Crippen LogP contribution in [0.1, 0.15) is 9.88 Å². The Morgan fingerprint density at radius 3 is 3.11 bits per heavy atom. The second kappa shape index (κ2) is 5.98. The summed E-state index contributed by atoms with van der Waals surface area (Å²) in [7, 11) is 0. The molecule has 2 amide bonds. The highest BCUT2D eigenvalue weighted by Gasteiger charge is 2.28. The fourth-order valence-electron chi connectivity index (χ4n) is 1.73. The van der Waals surface area contributed by atoms with Crippen LogP contribution in [0.2, 0.25) is 0 Å². The van der Waals surface area contributed by atoms with E-state index in [2.05, 4.69) is 10.3 Å². The largest absolute Gasteiger partial charge is 0.479 e. The van der Waals surface area contributed by atoms with Crippen LogP contribution in [0.15, 0.2) is 6.20 Å². The fraction of sp³-hybridized carbons (Fsp3) is 0.545. The van der Waals surface area contributed by atoms with E-state index in [4.69, 9.17) is 9.84 Å². The van der Waals surface area contributed by atoms with E-state index in [1.54, 1.807) is 6.20 Å². The van der Waals surface area contributed by atoms with Crippen LogP contribution in [0.3, 0.4) is 0 Å². The summed E-state index contributed by atoms with van der Waals surface area (Å²) in [5.41, 5.74) is 0. The number of carbonyl (C=O) groups excluding carboxylic acids is 1. The van der Waals surface area contributed by atoms with Gasteiger partial charge in [0, 0.05) is 17.6 Å². The van der Waals surface area contributed by atoms with E-state index in [1.807, 2.05) is 6.92 Å². The van der Waals surface area contributed by atoms with Gasteiger partial charge >= 0.3 is 12.0 Å². The smallest absolute Gasteiger partial charge is 0.334 e. The van der Waals surface area contributed by atoms with Crippen LogP contribution in [-0.2, 0) is 16.1 Å². The van der Waals surface area contributed by atoms with Crippen LogP contribution in [0.5, 0.6) is 0 Å². The summed E-state index contributed by atoms with van der Waals surface area (Å²) in [6.07, 6.45) is 0.808. The van der Waals surface area contributed by atoms with Crippen molar-refractivity contribution in [3.05, 3.63) is 16.1 Å². The quantitative estimate of drug-likeness (QED) is 0.841. The molecule has 2 heterocycles. The number of carboxylic acid groups (broad SMARTS) is 1. The van der Waals surface area contributed by atoms with Gasteiger partial charge in [-0.05, 0) is 6.92 Å². The molecular formula is C11H15N3O4S. The molecule has 1 aliphatic heterocycles. The molecule has 104 valence electrons. The number of aryl methyl sites for hydroxylation is 1. The van der Waals surface area contributed by atoms with Gasteiger partial charge in [0.1, 0.15) is 5.01 Å². The number of hydrogen-bond donors (Lipinski definition) is 2. The monoisotopic (exact) mass is 285 g/mol. The summed E-state index contributed by atoms with van der Waals surface area (Å²) in [6, 6.07) is -0.289. The molecule has 19 heavy (non-hydrogen) atoms. The van der Waals surface area contributed by atoms with Crippen molar-refractivity contribution in [2.24, 2.45) is 0 Å². The lowest BCUT2D eigenvalue weighted by molar-refractivity contribution is -0.154. The van der Waals surface area contributed by atoms with Crippen molar-refractivity contribution < 1.29 is 19.4 Å². The zero-order valence-corrected chi connectivity index (χ0v) is 11.3. The van der Waals surface area contributed by atoms with Gasteiger partial charge in [-0.3, -0.25) is 0 Å². The first-order valence-corrected chi connectivity index (χ1v) is 6.66. The molecule has 0 saturated carbocycles. The van der Waals surface area contributed by atoms with E-state index in [-0.39, 0.29) is 19.2 Å². The standard InChI is InChI=1S/C11H15N3O4S/c1-7-4-12-9(19-7)5-13-11(17)14-2-3-18-8(6-14)10(15)16/h4,8H,2-3,5-6H2,1H3,(H,13,17)(H,15,16). The second-order valence-electron chi connectivity index (χ2n) is 4.17. The first kappa shape index (κ1) is 13.8. The normalized spacial score (nSPS) is 19.2. The molecule has 1 saturated heterocycles. The number of ether oxygens (including phenoxy) is 1. The minimum Gasteiger partial charge on any atom is -0.479 e. The van der Waals surface area contributed by atoms with Crippen molar-refractivity contribution in [2.75, 3.05) is 19.7 Å². The SMILES string of the molecule is Cc1cnc(CNC(=O)N2CCOC(C(=O)O)C2)s1. The van der Waals surface area contributed by atoms with Crippen LogP contribution < -0.4 is 5.32 Å². The lowest BCUT2D eigenvalue weighted by atomic mass is 10.3. The van der Waals surface area contributed by atoms with Gasteiger partial charge in [-0.25, -0.2) is 14.6 Å². The molecule has 1 unspecified atom stereocenters. The maximum atomic E-state index is 11.9. The van der Waals surface area contributed by atoms with Crippen molar-refractivity contribution in [1.29, 1.82) is 0 Å². The third-order valence-electron chi connectivity index (χ3n) is 2.69. The fourth-order valence-corrected chi connectivity index (χ4v) is 2.46. The van der Waals surface area contributed by atoms with Crippen LogP contribution in [-0.4, -0.2) is 52.8 Å². The Morgan fingerprint density at radius 2 is 2.47 bits per heavy atom. The summed E-state index contributed by atoms with van der Waals surface area (Å²) in [5, 5.41) is 12.4. The van der Waals surface area contributed by atoms with Gasteiger partial charge in [-0.1, -0.05) is 0 Å². The van der Waals surface area contributed by atoms with Gasteiger partial charge in [0.15, 0.2) is 6.10 Å². The Balaban J connectivity index is 1.84. The Labute approximate surface area is 114 Å². The van der Waals surface area contributed by atoms with Crippen molar-refractivity contribution in [2.45, 2.75) is 19.6 Å². The van der Waals surface area contributed by atoms with Gasteiger partial charge in [-0.2, -0.15) is 0 Å². The van der Waals surface area contributed by atoms with Gasteiger partial charge in [-0.15, -0.1) is 11.3 Å². The van der Waals surface area contributed by atoms with E-state index in [0.29, 0.717) is 13.1 Å². The molecule has 0 aliphatic carbocycles. The van der Waals surface area contributed by atoms with Crippen LogP contribution in [0.25, 0.3) is 0 Å². The van der Waals surface area contributed by atoms with Gasteiger partial charge in [0.25, 0.3) is 0 Å². The number of rotatable bonds is 3. The first-order valence-electron chi connectivity index (χ1n) is 5.85. The molecule has 1 aromatic heterocycles. The average molecular weight is 285 g/mol. The van der Waals surface area contributed by atoms with E-state index in [1.165, 1.54) is 16.2 Å². The summed E-state index contributed by atoms with van der Waals surface area (Å²) >= 11 is 1.52. The molecule has 0 bridgehead atoms. The highest BCUT2D eigenvalue weighted by atomic mass is 32.1. The topological polar surface area (TPSA) is 91.8 Å². The number of carboxylic acids is 1. The van der Waals surface area contributed by atoms with Crippen LogP contribution in [0.4, 0.5) is 4.79 Å². The Morgan fingerprint density at radius 1 is 1.68 bits per heavy atom. The summed E-state index contributed by atoms with van der Waals surface area (Å²) in [5.74, 6) is -1.05. The molecule has 1 aromatic rings. The molecule has 2 rings (SSSR count). The van der Waals surface area contributed by atoms with Crippen LogP contribution >= 0.6 is 11.3 Å². The average Bonchev–Trinajstić information content (AvgIpc) is 2.82. The number of thiazole rings is 1. The van der Waals surface area contributed by atoms with Crippen LogP contribution in [0, 0.1) is 6.92 Å². The number of morpholine rings is 1. The molecular weight excluding hydrogens is 270 g/mol. The predicted molar refractivity (Wildman–Crippen MR) is 68.0 cm³/mol. The van der Waals surface area contributed by atoms with E-state index >= 15 is 0 Å². The van der Waals surface area contributed by atoms with Gasteiger partial charge < -0.3 is 20.1 Å². The number of aliphatic carboxylic acids is 1. The molecule has 1 aliphatic rings. The molecule has 1 fully saturated rings. The van der Waals surface area contributed by atoms with Crippen molar-refractivity contribution in [3.63, 3.8) is 0 Å². The molecule has 8 heteroatoms. The maximum Gasteiger partial charge on any atom is 0.334 e. The van der Waals surface area contributed by atoms with Crippen molar-refractivity contribution in [3.8, 4) is 0 Å². The molecule has 0 spiro atoms. The number of aromatic nitrogens is 1. The van der Waals surface area contributed by atoms with E-state index in [0.717, 1.165) is 9.88 Å².